The Hall–Kier alpha value is -2.42. The number of nitrogens with two attached hydrogens (primary N) is 1. The van der Waals surface area contributed by atoms with Crippen molar-refractivity contribution in [2.75, 3.05) is 11.9 Å². The topological polar surface area (TPSA) is 128 Å². The van der Waals surface area contributed by atoms with Crippen molar-refractivity contribution in [3.63, 3.8) is 0 Å². The Morgan fingerprint density at radius 2 is 1.86 bits per heavy atom. The Bertz CT molecular complexity index is 608. The predicted octanol–water partition coefficient (Wildman–Crippen LogP) is 0.675. The second kappa shape index (κ2) is 6.84. The molecule has 1 aromatic rings. The van der Waals surface area contributed by atoms with Crippen molar-refractivity contribution in [2.24, 2.45) is 5.73 Å². The molecule has 0 aliphatic carbocycles. The van der Waals surface area contributed by atoms with Gasteiger partial charge < -0.3 is 15.8 Å². The molecular formula is C12H15N3O5S. The molecule has 1 rings (SSSR count). The minimum Gasteiger partial charge on any atom is -0.452 e. The SMILES string of the molecule is CC(=O)Nc1sc(C)c(C)c1C(=O)OCC(=O)NC(N)=O. The van der Waals surface area contributed by atoms with Crippen LogP contribution in [0.2, 0.25) is 0 Å². The van der Waals surface area contributed by atoms with E-state index in [0.29, 0.717) is 10.6 Å². The lowest BCUT2D eigenvalue weighted by atomic mass is 10.1. The molecule has 4 N–H and O–H groups in total. The highest BCUT2D eigenvalue weighted by molar-refractivity contribution is 7.16. The molecule has 0 aliphatic heterocycles. The number of carbonyl (C=O) groups is 4. The van der Waals surface area contributed by atoms with Gasteiger partial charge in [0, 0.05) is 11.8 Å². The second-order valence-electron chi connectivity index (χ2n) is 4.16. The third-order valence-corrected chi connectivity index (χ3v) is 3.60. The number of hydrogen-bond acceptors (Lipinski definition) is 6. The van der Waals surface area contributed by atoms with Crippen molar-refractivity contribution in [1.29, 1.82) is 0 Å². The van der Waals surface area contributed by atoms with E-state index >= 15 is 0 Å². The molecule has 21 heavy (non-hydrogen) atoms. The maximum absolute atomic E-state index is 12.0. The molecule has 0 fully saturated rings. The number of primary amides is 1. The van der Waals surface area contributed by atoms with Gasteiger partial charge in [-0.15, -0.1) is 11.3 Å². The summed E-state index contributed by atoms with van der Waals surface area (Å²) in [6, 6.07) is -1.03. The van der Waals surface area contributed by atoms with Crippen molar-refractivity contribution in [3.8, 4) is 0 Å². The molecule has 0 saturated heterocycles. The first kappa shape index (κ1) is 16.6. The first-order chi connectivity index (χ1) is 9.72. The quantitative estimate of drug-likeness (QED) is 0.704. The number of hydrogen-bond donors (Lipinski definition) is 3. The lowest BCUT2D eigenvalue weighted by Gasteiger charge is -2.07. The van der Waals surface area contributed by atoms with Crippen molar-refractivity contribution < 1.29 is 23.9 Å². The van der Waals surface area contributed by atoms with Crippen LogP contribution < -0.4 is 16.4 Å². The van der Waals surface area contributed by atoms with Crippen LogP contribution in [0.1, 0.15) is 27.7 Å². The number of nitrogens with one attached hydrogen (secondary N) is 2. The standard InChI is InChI=1S/C12H15N3O5S/c1-5-6(2)21-10(14-7(3)16)9(5)11(18)20-4-8(17)15-12(13)19/h4H2,1-3H3,(H,14,16)(H3,13,15,17,19). The van der Waals surface area contributed by atoms with Gasteiger partial charge in [-0.2, -0.15) is 0 Å². The van der Waals surface area contributed by atoms with Crippen LogP contribution in [0.15, 0.2) is 0 Å². The molecule has 1 aromatic heterocycles. The molecule has 0 saturated carbocycles. The van der Waals surface area contributed by atoms with Crippen LogP contribution in [-0.2, 0) is 14.3 Å². The molecule has 0 radical (unpaired) electrons. The van der Waals surface area contributed by atoms with Gasteiger partial charge in [0.1, 0.15) is 5.00 Å². The Kier molecular flexibility index (Phi) is 5.42. The van der Waals surface area contributed by atoms with E-state index in [1.165, 1.54) is 18.3 Å². The number of aryl methyl sites for hydroxylation is 1. The zero-order valence-electron chi connectivity index (χ0n) is 11.7. The fourth-order valence-electron chi connectivity index (χ4n) is 1.50. The summed E-state index contributed by atoms with van der Waals surface area (Å²) in [6.45, 7) is 4.18. The van der Waals surface area contributed by atoms with Gasteiger partial charge in [-0.1, -0.05) is 0 Å². The van der Waals surface area contributed by atoms with E-state index in [9.17, 15) is 19.2 Å². The maximum atomic E-state index is 12.0. The molecule has 8 nitrogen and oxygen atoms in total. The zero-order chi connectivity index (χ0) is 16.2. The number of carbonyl (C=O) groups excluding carboxylic acids is 4. The molecule has 0 aromatic carbocycles. The van der Waals surface area contributed by atoms with Crippen LogP contribution in [0.3, 0.4) is 0 Å². The number of ether oxygens (including phenoxy) is 1. The van der Waals surface area contributed by atoms with E-state index in [2.05, 4.69) is 5.32 Å². The van der Waals surface area contributed by atoms with Crippen LogP contribution in [0.25, 0.3) is 0 Å². The minimum absolute atomic E-state index is 0.194. The number of imide groups is 1. The molecule has 0 bridgehead atoms. The van der Waals surface area contributed by atoms with Gasteiger partial charge in [-0.3, -0.25) is 14.9 Å². The minimum atomic E-state index is -1.03. The molecule has 114 valence electrons. The zero-order valence-corrected chi connectivity index (χ0v) is 12.6. The fraction of sp³-hybridized carbons (Fsp3) is 0.333. The highest BCUT2D eigenvalue weighted by atomic mass is 32.1. The lowest BCUT2D eigenvalue weighted by molar-refractivity contribution is -0.123. The van der Waals surface area contributed by atoms with Gasteiger partial charge in [0.15, 0.2) is 6.61 Å². The van der Waals surface area contributed by atoms with Crippen LogP contribution in [0.4, 0.5) is 9.80 Å². The van der Waals surface area contributed by atoms with Crippen molar-refractivity contribution in [3.05, 3.63) is 16.0 Å². The summed E-state index contributed by atoms with van der Waals surface area (Å²) in [7, 11) is 0. The molecule has 0 unspecified atom stereocenters. The van der Waals surface area contributed by atoms with E-state index in [-0.39, 0.29) is 11.5 Å². The smallest absolute Gasteiger partial charge is 0.341 e. The van der Waals surface area contributed by atoms with Gasteiger partial charge in [0.2, 0.25) is 5.91 Å². The average Bonchev–Trinajstić information content (AvgIpc) is 2.60. The normalized spacial score (nSPS) is 9.86. The van der Waals surface area contributed by atoms with Crippen LogP contribution in [0.5, 0.6) is 0 Å². The molecule has 0 spiro atoms. The highest BCUT2D eigenvalue weighted by Gasteiger charge is 2.22. The van der Waals surface area contributed by atoms with Crippen LogP contribution in [0, 0.1) is 13.8 Å². The monoisotopic (exact) mass is 313 g/mol. The Morgan fingerprint density at radius 3 is 2.38 bits per heavy atom. The molecule has 4 amide bonds. The largest absolute Gasteiger partial charge is 0.452 e. The molecule has 9 heteroatoms. The van der Waals surface area contributed by atoms with E-state index < -0.39 is 24.5 Å². The number of thiophene rings is 1. The molecule has 0 atom stereocenters. The Labute approximate surface area is 124 Å². The number of esters is 1. The molecular weight excluding hydrogens is 298 g/mol. The average molecular weight is 313 g/mol. The third-order valence-electron chi connectivity index (χ3n) is 2.48. The number of amides is 4. The lowest BCUT2D eigenvalue weighted by Crippen LogP contribution is -2.37. The van der Waals surface area contributed by atoms with E-state index in [0.717, 1.165) is 4.88 Å². The van der Waals surface area contributed by atoms with Crippen LogP contribution in [-0.4, -0.2) is 30.4 Å². The van der Waals surface area contributed by atoms with E-state index in [1.54, 1.807) is 19.2 Å². The summed E-state index contributed by atoms with van der Waals surface area (Å²) in [5.74, 6) is -1.92. The highest BCUT2D eigenvalue weighted by Crippen LogP contribution is 2.32. The van der Waals surface area contributed by atoms with Crippen LogP contribution >= 0.6 is 11.3 Å². The van der Waals surface area contributed by atoms with Gasteiger partial charge in [-0.05, 0) is 19.4 Å². The first-order valence-electron chi connectivity index (χ1n) is 5.86. The summed E-state index contributed by atoms with van der Waals surface area (Å²) in [4.78, 5) is 45.6. The second-order valence-corrected chi connectivity index (χ2v) is 5.38. The maximum Gasteiger partial charge on any atom is 0.341 e. The Morgan fingerprint density at radius 1 is 1.24 bits per heavy atom. The van der Waals surface area contributed by atoms with Gasteiger partial charge >= 0.3 is 12.0 Å². The summed E-state index contributed by atoms with van der Waals surface area (Å²) < 4.78 is 4.80. The van der Waals surface area contributed by atoms with Gasteiger partial charge in [-0.25, -0.2) is 9.59 Å². The summed E-state index contributed by atoms with van der Waals surface area (Å²) in [5.41, 5.74) is 5.61. The van der Waals surface area contributed by atoms with Gasteiger partial charge in [0.05, 0.1) is 5.56 Å². The summed E-state index contributed by atoms with van der Waals surface area (Å²) in [5, 5.41) is 4.67. The van der Waals surface area contributed by atoms with Crippen molar-refractivity contribution in [2.45, 2.75) is 20.8 Å². The number of urea groups is 1. The van der Waals surface area contributed by atoms with E-state index in [1.807, 2.05) is 0 Å². The molecule has 1 heterocycles. The summed E-state index contributed by atoms with van der Waals surface area (Å²) >= 11 is 1.24. The predicted molar refractivity (Wildman–Crippen MR) is 76.1 cm³/mol. The van der Waals surface area contributed by atoms with Gasteiger partial charge in [0.25, 0.3) is 5.91 Å². The number of rotatable bonds is 4. The van der Waals surface area contributed by atoms with Crippen molar-refractivity contribution >= 4 is 40.2 Å². The molecule has 0 aliphatic rings. The third kappa shape index (κ3) is 4.56. The summed E-state index contributed by atoms with van der Waals surface area (Å²) in [6.07, 6.45) is 0. The Balaban J connectivity index is 2.84. The number of anilines is 1. The van der Waals surface area contributed by atoms with E-state index in [4.69, 9.17) is 10.5 Å². The fourth-order valence-corrected chi connectivity index (χ4v) is 2.59. The van der Waals surface area contributed by atoms with Crippen molar-refractivity contribution in [1.82, 2.24) is 5.32 Å². The first-order valence-corrected chi connectivity index (χ1v) is 6.68.